The molecule has 0 aliphatic heterocycles. The first-order valence-electron chi connectivity index (χ1n) is 6.14. The summed E-state index contributed by atoms with van der Waals surface area (Å²) in [7, 11) is 0. The molecule has 0 saturated heterocycles. The number of carbonyl (C=O) groups excluding carboxylic acids is 2. The van der Waals surface area contributed by atoms with Gasteiger partial charge in [0.05, 0.1) is 0 Å². The lowest BCUT2D eigenvalue weighted by Gasteiger charge is -2.24. The van der Waals surface area contributed by atoms with Crippen molar-refractivity contribution in [3.05, 3.63) is 10.1 Å². The predicted octanol–water partition coefficient (Wildman–Crippen LogP) is 1.50. The van der Waals surface area contributed by atoms with Crippen LogP contribution in [-0.2, 0) is 14.3 Å². The Kier molecular flexibility index (Phi) is 5.93. The Bertz CT molecular complexity index is 380. The fourth-order valence-corrected chi connectivity index (χ4v) is 1.15. The summed E-state index contributed by atoms with van der Waals surface area (Å²) >= 11 is 0. The zero-order valence-electron chi connectivity index (χ0n) is 12.7. The number of carbonyl (C=O) groups is 2. The van der Waals surface area contributed by atoms with E-state index in [4.69, 9.17) is 9.47 Å². The van der Waals surface area contributed by atoms with Crippen molar-refractivity contribution in [3.8, 4) is 0 Å². The number of alkyl carbamates (subject to hydrolysis) is 1. The molecule has 8 nitrogen and oxygen atoms in total. The Morgan fingerprint density at radius 1 is 1.10 bits per heavy atom. The first-order chi connectivity index (χ1) is 8.80. The maximum atomic E-state index is 11.8. The van der Waals surface area contributed by atoms with E-state index in [1.54, 1.807) is 41.5 Å². The molecule has 0 saturated carbocycles. The lowest BCUT2D eigenvalue weighted by Crippen LogP contribution is -2.49. The van der Waals surface area contributed by atoms with Gasteiger partial charge in [0.2, 0.25) is 6.54 Å². The summed E-state index contributed by atoms with van der Waals surface area (Å²) in [4.78, 5) is 33.2. The monoisotopic (exact) mass is 290 g/mol. The van der Waals surface area contributed by atoms with Crippen LogP contribution in [0.1, 0.15) is 41.5 Å². The molecular weight excluding hydrogens is 268 g/mol. The minimum Gasteiger partial charge on any atom is -0.458 e. The molecule has 0 heterocycles. The number of amides is 1. The van der Waals surface area contributed by atoms with Crippen molar-refractivity contribution in [2.75, 3.05) is 6.54 Å². The lowest BCUT2D eigenvalue weighted by atomic mass is 10.2. The van der Waals surface area contributed by atoms with Crippen molar-refractivity contribution >= 4 is 12.1 Å². The van der Waals surface area contributed by atoms with Crippen molar-refractivity contribution in [1.29, 1.82) is 0 Å². The first kappa shape index (κ1) is 18.1. The summed E-state index contributed by atoms with van der Waals surface area (Å²) in [5.41, 5.74) is -1.57. The second kappa shape index (κ2) is 6.53. The van der Waals surface area contributed by atoms with Gasteiger partial charge in [-0.15, -0.1) is 0 Å². The molecule has 0 aromatic heterocycles. The molecule has 1 atom stereocenters. The number of nitro groups is 1. The van der Waals surface area contributed by atoms with E-state index in [1.165, 1.54) is 0 Å². The third-order valence-electron chi connectivity index (χ3n) is 1.71. The van der Waals surface area contributed by atoms with Crippen LogP contribution in [0.5, 0.6) is 0 Å². The molecule has 0 aromatic carbocycles. The average Bonchev–Trinajstić information content (AvgIpc) is 2.09. The molecule has 0 unspecified atom stereocenters. The number of nitrogens with zero attached hydrogens (tertiary/aromatic N) is 1. The summed E-state index contributed by atoms with van der Waals surface area (Å²) in [6.45, 7) is 9.03. The molecule has 116 valence electrons. The highest BCUT2D eigenvalue weighted by Crippen LogP contribution is 2.10. The maximum Gasteiger partial charge on any atom is 0.408 e. The van der Waals surface area contributed by atoms with Crippen LogP contribution in [0, 0.1) is 10.1 Å². The Labute approximate surface area is 118 Å². The van der Waals surface area contributed by atoms with Gasteiger partial charge in [0, 0.05) is 4.92 Å². The maximum absolute atomic E-state index is 11.8. The summed E-state index contributed by atoms with van der Waals surface area (Å²) in [6.07, 6.45) is -0.907. The van der Waals surface area contributed by atoms with Crippen molar-refractivity contribution in [3.63, 3.8) is 0 Å². The highest BCUT2D eigenvalue weighted by molar-refractivity contribution is 5.81. The van der Waals surface area contributed by atoms with Crippen LogP contribution in [-0.4, -0.2) is 40.8 Å². The van der Waals surface area contributed by atoms with E-state index in [0.717, 1.165) is 0 Å². The fourth-order valence-electron chi connectivity index (χ4n) is 1.15. The van der Waals surface area contributed by atoms with Gasteiger partial charge in [-0.1, -0.05) is 0 Å². The number of ether oxygens (including phenoxy) is 2. The van der Waals surface area contributed by atoms with Gasteiger partial charge in [0.25, 0.3) is 0 Å². The van der Waals surface area contributed by atoms with E-state index in [0.29, 0.717) is 0 Å². The van der Waals surface area contributed by atoms with Gasteiger partial charge >= 0.3 is 12.1 Å². The molecular formula is C12H22N2O6. The third kappa shape index (κ3) is 9.12. The minimum absolute atomic E-state index is 0.702. The molecule has 0 fully saturated rings. The molecule has 8 heteroatoms. The van der Waals surface area contributed by atoms with Crippen LogP contribution in [0.25, 0.3) is 0 Å². The van der Waals surface area contributed by atoms with Crippen LogP contribution in [0.3, 0.4) is 0 Å². The molecule has 0 aliphatic rings. The van der Waals surface area contributed by atoms with E-state index in [-0.39, 0.29) is 0 Å². The van der Waals surface area contributed by atoms with Crippen molar-refractivity contribution in [2.24, 2.45) is 0 Å². The van der Waals surface area contributed by atoms with Crippen LogP contribution >= 0.6 is 0 Å². The van der Waals surface area contributed by atoms with Gasteiger partial charge in [-0.25, -0.2) is 9.59 Å². The van der Waals surface area contributed by atoms with Crippen LogP contribution in [0.4, 0.5) is 4.79 Å². The van der Waals surface area contributed by atoms with Crippen LogP contribution < -0.4 is 5.32 Å². The molecule has 0 spiro atoms. The summed E-state index contributed by atoms with van der Waals surface area (Å²) in [5.74, 6) is -0.875. The van der Waals surface area contributed by atoms with Gasteiger partial charge in [0.15, 0.2) is 6.04 Å². The quantitative estimate of drug-likeness (QED) is 0.477. The molecule has 1 amide bonds. The zero-order valence-corrected chi connectivity index (χ0v) is 12.7. The number of hydrogen-bond acceptors (Lipinski definition) is 6. The van der Waals surface area contributed by atoms with Gasteiger partial charge < -0.3 is 14.8 Å². The van der Waals surface area contributed by atoms with Gasteiger partial charge in [-0.05, 0) is 41.5 Å². The third-order valence-corrected chi connectivity index (χ3v) is 1.71. The summed E-state index contributed by atoms with van der Waals surface area (Å²) in [5, 5.41) is 12.7. The standard InChI is InChI=1S/C12H22N2O6/c1-11(2,3)19-9(15)8(7-14(17)18)13-10(16)20-12(4,5)6/h8H,7H2,1-6H3,(H,13,16)/t8-/m0/s1. The molecule has 20 heavy (non-hydrogen) atoms. The largest absolute Gasteiger partial charge is 0.458 e. The van der Waals surface area contributed by atoms with E-state index in [2.05, 4.69) is 5.32 Å². The second-order valence-electron chi connectivity index (χ2n) is 6.25. The SMILES string of the molecule is CC(C)(C)OC(=O)N[C@@H](C[N+](=O)[O-])C(=O)OC(C)(C)C. The van der Waals surface area contributed by atoms with Gasteiger partial charge in [-0.3, -0.25) is 10.1 Å². The van der Waals surface area contributed by atoms with Crippen molar-refractivity contribution in [1.82, 2.24) is 5.32 Å². The number of nitrogens with one attached hydrogen (secondary N) is 1. The number of rotatable bonds is 4. The Morgan fingerprint density at radius 3 is 1.90 bits per heavy atom. The minimum atomic E-state index is -1.39. The zero-order chi connectivity index (χ0) is 16.1. The smallest absolute Gasteiger partial charge is 0.408 e. The Morgan fingerprint density at radius 2 is 1.55 bits per heavy atom. The normalized spacial score (nSPS) is 13.3. The van der Waals surface area contributed by atoms with Gasteiger partial charge in [0.1, 0.15) is 11.2 Å². The van der Waals surface area contributed by atoms with E-state index in [1.807, 2.05) is 0 Å². The molecule has 0 rings (SSSR count). The van der Waals surface area contributed by atoms with Crippen LogP contribution in [0.15, 0.2) is 0 Å². The molecule has 0 radical (unpaired) electrons. The first-order valence-corrected chi connectivity index (χ1v) is 6.14. The lowest BCUT2D eigenvalue weighted by molar-refractivity contribution is -0.481. The molecule has 1 N–H and O–H groups in total. The number of esters is 1. The number of hydrogen-bond donors (Lipinski definition) is 1. The van der Waals surface area contributed by atoms with Crippen molar-refractivity contribution in [2.45, 2.75) is 58.8 Å². The highest BCUT2D eigenvalue weighted by atomic mass is 16.6. The topological polar surface area (TPSA) is 108 Å². The predicted molar refractivity (Wildman–Crippen MR) is 70.9 cm³/mol. The molecule has 0 aliphatic carbocycles. The van der Waals surface area contributed by atoms with Crippen molar-refractivity contribution < 1.29 is 24.0 Å². The highest BCUT2D eigenvalue weighted by Gasteiger charge is 2.32. The molecule has 0 aromatic rings. The van der Waals surface area contributed by atoms with Crippen LogP contribution in [0.2, 0.25) is 0 Å². The van der Waals surface area contributed by atoms with E-state index >= 15 is 0 Å². The van der Waals surface area contributed by atoms with E-state index in [9.17, 15) is 19.7 Å². The second-order valence-corrected chi connectivity index (χ2v) is 6.25. The summed E-state index contributed by atoms with van der Waals surface area (Å²) in [6, 6.07) is -1.39. The van der Waals surface area contributed by atoms with E-state index < -0.39 is 40.8 Å². The average molecular weight is 290 g/mol. The van der Waals surface area contributed by atoms with Gasteiger partial charge in [-0.2, -0.15) is 0 Å². The Hall–Kier alpha value is -1.86. The molecule has 0 bridgehead atoms. The fraction of sp³-hybridized carbons (Fsp3) is 0.833. The Balaban J connectivity index is 4.77. The summed E-state index contributed by atoms with van der Waals surface area (Å²) < 4.78 is 9.97.